The fourth-order valence-electron chi connectivity index (χ4n) is 2.86. The summed E-state index contributed by atoms with van der Waals surface area (Å²) in [5.74, 6) is 0.969. The van der Waals surface area contributed by atoms with Gasteiger partial charge in [0.25, 0.3) is 0 Å². The first-order valence-electron chi connectivity index (χ1n) is 8.78. The molecule has 3 nitrogen and oxygen atoms in total. The number of ether oxygens (including phenoxy) is 1. The summed E-state index contributed by atoms with van der Waals surface area (Å²) in [6.45, 7) is 3.75. The maximum Gasteiger partial charge on any atom is 0.120 e. The third-order valence-electron chi connectivity index (χ3n) is 4.17. The van der Waals surface area contributed by atoms with E-state index in [-0.39, 0.29) is 15.3 Å². The topological polar surface area (TPSA) is 51.0 Å². The smallest absolute Gasteiger partial charge is 0.120 e. The third kappa shape index (κ3) is 6.44. The Bertz CT molecular complexity index is 563. The Hall–Kier alpha value is -1.19. The molecular formula is C19H35ClN2O. The maximum absolute atomic E-state index is 5.90. The van der Waals surface area contributed by atoms with Gasteiger partial charge in [-0.15, -0.1) is 12.4 Å². The Labute approximate surface area is 149 Å². The fourth-order valence-corrected chi connectivity index (χ4v) is 2.86. The zero-order valence-electron chi connectivity index (χ0n) is 14.3. The number of fused-ring (bicyclic) bond motifs is 1. The molecule has 0 aliphatic carbocycles. The second-order valence-electron chi connectivity index (χ2n) is 6.03. The fraction of sp³-hybridized carbons (Fsp3) is 0.579. The lowest BCUT2D eigenvalue weighted by Gasteiger charge is -2.07. The van der Waals surface area contributed by atoms with Crippen molar-refractivity contribution in [3.8, 4) is 5.75 Å². The molecule has 0 amide bonds. The monoisotopic (exact) mass is 342 g/mol. The Morgan fingerprint density at radius 1 is 1.09 bits per heavy atom. The van der Waals surface area contributed by atoms with Gasteiger partial charge in [0.2, 0.25) is 0 Å². The lowest BCUT2D eigenvalue weighted by atomic mass is 10.1. The minimum absolute atomic E-state index is 0. The summed E-state index contributed by atoms with van der Waals surface area (Å²) >= 11 is 0. The number of aromatic nitrogens is 1. The van der Waals surface area contributed by atoms with Gasteiger partial charge < -0.3 is 15.5 Å². The van der Waals surface area contributed by atoms with Crippen molar-refractivity contribution in [1.29, 1.82) is 0 Å². The summed E-state index contributed by atoms with van der Waals surface area (Å²) in [4.78, 5) is 3.29. The van der Waals surface area contributed by atoms with E-state index >= 15 is 0 Å². The van der Waals surface area contributed by atoms with Gasteiger partial charge >= 0.3 is 0 Å². The van der Waals surface area contributed by atoms with Crippen molar-refractivity contribution in [2.45, 2.75) is 58.3 Å². The first kappa shape index (κ1) is 19.9. The number of aromatic amines is 1. The molecule has 1 aromatic carbocycles. The van der Waals surface area contributed by atoms with E-state index < -0.39 is 0 Å². The van der Waals surface area contributed by atoms with Gasteiger partial charge in [-0.1, -0.05) is 45.4 Å². The van der Waals surface area contributed by atoms with Gasteiger partial charge in [0.1, 0.15) is 5.75 Å². The highest BCUT2D eigenvalue weighted by molar-refractivity contribution is 5.85. The first-order chi connectivity index (χ1) is 10.8. The minimum atomic E-state index is 0. The number of unbranched alkanes of at least 4 members (excludes halogenated alkanes) is 6. The number of halogens is 1. The van der Waals surface area contributed by atoms with E-state index in [1.807, 2.05) is 6.07 Å². The van der Waals surface area contributed by atoms with Crippen LogP contribution in [-0.4, -0.2) is 18.1 Å². The SMILES string of the molecule is CCCCCCCCCOc1ccc2[nH]cc(CCN)c2c1.Cl.[HH].[HH]. The van der Waals surface area contributed by atoms with E-state index in [9.17, 15) is 0 Å². The zero-order chi connectivity index (χ0) is 15.6. The molecule has 0 radical (unpaired) electrons. The molecule has 2 aromatic rings. The lowest BCUT2D eigenvalue weighted by Crippen LogP contribution is -2.02. The largest absolute Gasteiger partial charge is 0.494 e. The molecule has 0 unspecified atom stereocenters. The van der Waals surface area contributed by atoms with Crippen LogP contribution in [0, 0.1) is 0 Å². The van der Waals surface area contributed by atoms with Crippen LogP contribution in [0.2, 0.25) is 0 Å². The number of hydrogen-bond acceptors (Lipinski definition) is 2. The number of hydrogen-bond donors (Lipinski definition) is 2. The number of nitrogens with one attached hydrogen (secondary N) is 1. The molecule has 1 aromatic heterocycles. The molecule has 23 heavy (non-hydrogen) atoms. The number of benzene rings is 1. The predicted octanol–water partition coefficient (Wildman–Crippen LogP) is 5.71. The van der Waals surface area contributed by atoms with Gasteiger partial charge in [-0.25, -0.2) is 0 Å². The molecule has 0 spiro atoms. The maximum atomic E-state index is 5.90. The van der Waals surface area contributed by atoms with Crippen molar-refractivity contribution in [3.05, 3.63) is 30.0 Å². The molecule has 0 saturated heterocycles. The van der Waals surface area contributed by atoms with Crippen LogP contribution in [0.3, 0.4) is 0 Å². The van der Waals surface area contributed by atoms with E-state index in [1.165, 1.54) is 49.5 Å². The summed E-state index contributed by atoms with van der Waals surface area (Å²) in [6.07, 6.45) is 12.1. The van der Waals surface area contributed by atoms with Crippen molar-refractivity contribution in [3.63, 3.8) is 0 Å². The van der Waals surface area contributed by atoms with Gasteiger partial charge in [0.15, 0.2) is 0 Å². The molecule has 0 aliphatic heterocycles. The number of nitrogens with two attached hydrogens (primary N) is 1. The van der Waals surface area contributed by atoms with Gasteiger partial charge in [-0.05, 0) is 43.1 Å². The van der Waals surface area contributed by atoms with Crippen LogP contribution in [-0.2, 0) is 6.42 Å². The quantitative estimate of drug-likeness (QED) is 0.513. The van der Waals surface area contributed by atoms with Crippen LogP contribution < -0.4 is 10.5 Å². The average molecular weight is 343 g/mol. The Morgan fingerprint density at radius 2 is 1.83 bits per heavy atom. The van der Waals surface area contributed by atoms with Crippen molar-refractivity contribution in [1.82, 2.24) is 4.98 Å². The third-order valence-corrected chi connectivity index (χ3v) is 4.17. The number of rotatable bonds is 11. The van der Waals surface area contributed by atoms with Crippen LogP contribution >= 0.6 is 12.4 Å². The summed E-state index contributed by atoms with van der Waals surface area (Å²) in [5, 5.41) is 1.24. The molecule has 1 heterocycles. The molecule has 134 valence electrons. The second-order valence-corrected chi connectivity index (χ2v) is 6.03. The summed E-state index contributed by atoms with van der Waals surface area (Å²) in [6, 6.07) is 6.28. The molecule has 0 fully saturated rings. The Morgan fingerprint density at radius 3 is 2.57 bits per heavy atom. The van der Waals surface area contributed by atoms with E-state index in [0.29, 0.717) is 6.54 Å². The molecular weight excluding hydrogens is 308 g/mol. The molecule has 3 N–H and O–H groups in total. The van der Waals surface area contributed by atoms with Gasteiger partial charge in [-0.2, -0.15) is 0 Å². The van der Waals surface area contributed by atoms with Crippen LogP contribution in [0.15, 0.2) is 24.4 Å². The van der Waals surface area contributed by atoms with E-state index in [4.69, 9.17) is 10.5 Å². The predicted molar refractivity (Wildman–Crippen MR) is 106 cm³/mol. The highest BCUT2D eigenvalue weighted by Gasteiger charge is 2.04. The summed E-state index contributed by atoms with van der Waals surface area (Å²) < 4.78 is 5.90. The summed E-state index contributed by atoms with van der Waals surface area (Å²) in [7, 11) is 0. The van der Waals surface area contributed by atoms with Crippen LogP contribution in [0.25, 0.3) is 10.9 Å². The number of H-pyrrole nitrogens is 1. The molecule has 0 bridgehead atoms. The zero-order valence-corrected chi connectivity index (χ0v) is 15.1. The van der Waals surface area contributed by atoms with E-state index in [0.717, 1.165) is 30.7 Å². The molecule has 0 atom stereocenters. The lowest BCUT2D eigenvalue weighted by molar-refractivity contribution is 0.304. The van der Waals surface area contributed by atoms with Crippen molar-refractivity contribution >= 4 is 23.3 Å². The average Bonchev–Trinajstić information content (AvgIpc) is 2.93. The molecule has 0 aliphatic rings. The van der Waals surface area contributed by atoms with Crippen LogP contribution in [0.5, 0.6) is 5.75 Å². The Balaban J connectivity index is 0. The minimum Gasteiger partial charge on any atom is -0.494 e. The van der Waals surface area contributed by atoms with E-state index in [1.54, 1.807) is 0 Å². The molecule has 0 saturated carbocycles. The standard InChI is InChI=1S/C19H30N2O.ClH.2H2/c1-2-3-4-5-6-7-8-13-22-17-9-10-19-18(14-17)16(11-12-20)15-21-19;;;/h9-10,14-15,21H,2-8,11-13,20H2,1H3;3*1H. The molecule has 2 rings (SSSR count). The molecule has 4 heteroatoms. The summed E-state index contributed by atoms with van der Waals surface area (Å²) in [5.41, 5.74) is 8.10. The normalized spacial score (nSPS) is 10.7. The van der Waals surface area contributed by atoms with Crippen LogP contribution in [0.4, 0.5) is 0 Å². The Kier molecular flexibility index (Phi) is 9.81. The van der Waals surface area contributed by atoms with Crippen molar-refractivity contribution in [2.75, 3.05) is 13.2 Å². The van der Waals surface area contributed by atoms with E-state index in [2.05, 4.69) is 30.2 Å². The highest BCUT2D eigenvalue weighted by atomic mass is 35.5. The second kappa shape index (κ2) is 11.4. The van der Waals surface area contributed by atoms with Gasteiger partial charge in [0.05, 0.1) is 6.61 Å². The van der Waals surface area contributed by atoms with Gasteiger partial charge in [-0.3, -0.25) is 0 Å². The highest BCUT2D eigenvalue weighted by Crippen LogP contribution is 2.24. The first-order valence-corrected chi connectivity index (χ1v) is 8.78. The van der Waals surface area contributed by atoms with Crippen molar-refractivity contribution in [2.24, 2.45) is 5.73 Å². The van der Waals surface area contributed by atoms with Crippen LogP contribution in [0.1, 0.15) is 60.3 Å². The van der Waals surface area contributed by atoms with Gasteiger partial charge in [0, 0.05) is 20.0 Å². The van der Waals surface area contributed by atoms with Crippen molar-refractivity contribution < 1.29 is 7.59 Å².